The van der Waals surface area contributed by atoms with Crippen LogP contribution >= 0.6 is 27.3 Å². The minimum Gasteiger partial charge on any atom is -0.495 e. The highest BCUT2D eigenvalue weighted by Gasteiger charge is 2.12. The molecule has 3 nitrogen and oxygen atoms in total. The van der Waals surface area contributed by atoms with Crippen molar-refractivity contribution in [1.82, 2.24) is 4.98 Å². The Morgan fingerprint density at radius 1 is 1.44 bits per heavy atom. The van der Waals surface area contributed by atoms with Crippen LogP contribution in [0.2, 0.25) is 0 Å². The minimum absolute atomic E-state index is 0.0397. The molecule has 5 heteroatoms. The maximum Gasteiger partial charge on any atom is 0.204 e. The molecule has 0 saturated carbocycles. The van der Waals surface area contributed by atoms with Gasteiger partial charge in [-0.3, -0.25) is 9.78 Å². The van der Waals surface area contributed by atoms with E-state index in [1.807, 2.05) is 6.07 Å². The highest BCUT2D eigenvalue weighted by Crippen LogP contribution is 2.25. The molecule has 0 atom stereocenters. The number of carbonyl (C=O) groups excluding carboxylic acids is 1. The first-order valence-corrected chi connectivity index (χ1v) is 6.11. The van der Waals surface area contributed by atoms with Crippen molar-refractivity contribution in [3.05, 3.63) is 44.8 Å². The number of nitrogens with zero attached hydrogens (tertiary/aromatic N) is 1. The Kier molecular flexibility index (Phi) is 3.36. The second-order valence-electron chi connectivity index (χ2n) is 3.05. The van der Waals surface area contributed by atoms with E-state index < -0.39 is 0 Å². The number of ether oxygens (including phenoxy) is 1. The molecule has 0 aromatic carbocycles. The van der Waals surface area contributed by atoms with Crippen molar-refractivity contribution in [2.75, 3.05) is 7.11 Å². The average molecular weight is 298 g/mol. The third-order valence-electron chi connectivity index (χ3n) is 2.01. The van der Waals surface area contributed by atoms with Crippen LogP contribution in [0.1, 0.15) is 15.2 Å². The average Bonchev–Trinajstić information content (AvgIpc) is 2.75. The van der Waals surface area contributed by atoms with Crippen LogP contribution in [0.3, 0.4) is 0 Å². The molecule has 0 radical (unpaired) electrons. The fourth-order valence-electron chi connectivity index (χ4n) is 1.23. The van der Waals surface area contributed by atoms with Gasteiger partial charge in [0.2, 0.25) is 5.78 Å². The van der Waals surface area contributed by atoms with Gasteiger partial charge in [0.15, 0.2) is 0 Å². The van der Waals surface area contributed by atoms with Crippen molar-refractivity contribution in [1.29, 1.82) is 0 Å². The van der Waals surface area contributed by atoms with Gasteiger partial charge in [0.05, 0.1) is 22.0 Å². The van der Waals surface area contributed by atoms with Gasteiger partial charge >= 0.3 is 0 Å². The molecule has 2 aromatic heterocycles. The van der Waals surface area contributed by atoms with Crippen molar-refractivity contribution < 1.29 is 9.53 Å². The third kappa shape index (κ3) is 2.31. The molecule has 82 valence electrons. The van der Waals surface area contributed by atoms with E-state index in [9.17, 15) is 4.79 Å². The molecular weight excluding hydrogens is 290 g/mol. The molecular formula is C11H8BrNO2S. The number of aromatic nitrogens is 1. The predicted octanol–water partition coefficient (Wildman–Crippen LogP) is 3.15. The van der Waals surface area contributed by atoms with Gasteiger partial charge in [-0.25, -0.2) is 0 Å². The molecule has 0 bridgehead atoms. The molecule has 2 heterocycles. The molecule has 2 aromatic rings. The summed E-state index contributed by atoms with van der Waals surface area (Å²) in [5, 5.41) is 0. The van der Waals surface area contributed by atoms with E-state index in [0.717, 1.165) is 3.79 Å². The molecule has 0 spiro atoms. The lowest BCUT2D eigenvalue weighted by Gasteiger charge is -2.01. The lowest BCUT2D eigenvalue weighted by molar-refractivity contribution is 0.104. The van der Waals surface area contributed by atoms with E-state index in [-0.39, 0.29) is 5.78 Å². The summed E-state index contributed by atoms with van der Waals surface area (Å²) in [6.07, 6.45) is 3.11. The number of ketones is 1. The van der Waals surface area contributed by atoms with Crippen molar-refractivity contribution in [3.63, 3.8) is 0 Å². The number of carbonyl (C=O) groups is 1. The molecule has 0 unspecified atom stereocenters. The number of methoxy groups -OCH3 is 1. The van der Waals surface area contributed by atoms with E-state index in [1.165, 1.54) is 11.3 Å². The van der Waals surface area contributed by atoms with Gasteiger partial charge in [0, 0.05) is 11.8 Å². The van der Waals surface area contributed by atoms with Crippen molar-refractivity contribution >= 4 is 33.0 Å². The van der Waals surface area contributed by atoms with Crippen LogP contribution in [-0.4, -0.2) is 17.9 Å². The summed E-state index contributed by atoms with van der Waals surface area (Å²) in [4.78, 5) is 16.7. The highest BCUT2D eigenvalue weighted by atomic mass is 79.9. The Bertz CT molecular complexity index is 524. The Balaban J connectivity index is 2.33. The fraction of sp³-hybridized carbons (Fsp3) is 0.0909. The third-order valence-corrected chi connectivity index (χ3v) is 3.63. The van der Waals surface area contributed by atoms with Crippen molar-refractivity contribution in [2.45, 2.75) is 0 Å². The normalized spacial score (nSPS) is 10.1. The van der Waals surface area contributed by atoms with Crippen LogP contribution in [0, 0.1) is 0 Å². The first-order valence-electron chi connectivity index (χ1n) is 4.50. The Morgan fingerprint density at radius 3 is 2.88 bits per heavy atom. The van der Waals surface area contributed by atoms with Gasteiger partial charge in [0.25, 0.3) is 0 Å². The number of hydrogen-bond donors (Lipinski definition) is 0. The van der Waals surface area contributed by atoms with E-state index in [4.69, 9.17) is 4.74 Å². The summed E-state index contributed by atoms with van der Waals surface area (Å²) >= 11 is 4.73. The summed E-state index contributed by atoms with van der Waals surface area (Å²) in [5.74, 6) is 0.545. The van der Waals surface area contributed by atoms with Crippen LogP contribution in [0.25, 0.3) is 0 Å². The number of pyridine rings is 1. The minimum atomic E-state index is -0.0397. The zero-order chi connectivity index (χ0) is 11.5. The molecule has 0 aliphatic carbocycles. The van der Waals surface area contributed by atoms with E-state index in [1.54, 1.807) is 31.6 Å². The summed E-state index contributed by atoms with van der Waals surface area (Å²) in [5.41, 5.74) is 0.536. The maximum absolute atomic E-state index is 12.0. The summed E-state index contributed by atoms with van der Waals surface area (Å²) < 4.78 is 5.96. The molecule has 16 heavy (non-hydrogen) atoms. The monoisotopic (exact) mass is 297 g/mol. The number of halogens is 1. The molecule has 0 aliphatic rings. The molecule has 0 amide bonds. The lowest BCUT2D eigenvalue weighted by atomic mass is 10.1. The van der Waals surface area contributed by atoms with Crippen LogP contribution in [0.5, 0.6) is 5.75 Å². The summed E-state index contributed by atoms with van der Waals surface area (Å²) in [6.45, 7) is 0. The quantitative estimate of drug-likeness (QED) is 0.817. The fourth-order valence-corrected chi connectivity index (χ4v) is 2.58. The molecule has 0 saturated heterocycles. The standard InChI is InChI=1S/C11H8BrNO2S/c1-15-8-4-7(5-13-6-8)11(14)9-2-3-10(12)16-9/h2-6H,1H3. The molecule has 0 fully saturated rings. The first kappa shape index (κ1) is 11.3. The second kappa shape index (κ2) is 4.76. The van der Waals surface area contributed by atoms with Gasteiger partial charge in [-0.2, -0.15) is 0 Å². The Labute approximate surface area is 105 Å². The van der Waals surface area contributed by atoms with Crippen LogP contribution in [0.4, 0.5) is 0 Å². The number of rotatable bonds is 3. The maximum atomic E-state index is 12.0. The van der Waals surface area contributed by atoms with Crippen LogP contribution in [0.15, 0.2) is 34.4 Å². The SMILES string of the molecule is COc1cncc(C(=O)c2ccc(Br)s2)c1. The van der Waals surface area contributed by atoms with Gasteiger partial charge in [0.1, 0.15) is 5.75 Å². The predicted molar refractivity (Wildman–Crippen MR) is 66.2 cm³/mol. The number of thiophene rings is 1. The smallest absolute Gasteiger partial charge is 0.204 e. The topological polar surface area (TPSA) is 39.2 Å². The van der Waals surface area contributed by atoms with E-state index >= 15 is 0 Å². The van der Waals surface area contributed by atoms with Gasteiger partial charge in [-0.05, 0) is 34.1 Å². The number of hydrogen-bond acceptors (Lipinski definition) is 4. The van der Waals surface area contributed by atoms with E-state index in [2.05, 4.69) is 20.9 Å². The van der Waals surface area contributed by atoms with Gasteiger partial charge in [-0.15, -0.1) is 11.3 Å². The van der Waals surface area contributed by atoms with Gasteiger partial charge < -0.3 is 4.74 Å². The second-order valence-corrected chi connectivity index (χ2v) is 5.51. The van der Waals surface area contributed by atoms with Crippen LogP contribution < -0.4 is 4.74 Å². The Morgan fingerprint density at radius 2 is 2.25 bits per heavy atom. The largest absolute Gasteiger partial charge is 0.495 e. The molecule has 0 aliphatic heterocycles. The van der Waals surface area contributed by atoms with Crippen LogP contribution in [-0.2, 0) is 0 Å². The van der Waals surface area contributed by atoms with Crippen molar-refractivity contribution in [2.24, 2.45) is 0 Å². The summed E-state index contributed by atoms with van der Waals surface area (Å²) in [6, 6.07) is 5.32. The summed E-state index contributed by atoms with van der Waals surface area (Å²) in [7, 11) is 1.55. The molecule has 0 N–H and O–H groups in total. The molecule has 2 rings (SSSR count). The zero-order valence-electron chi connectivity index (χ0n) is 8.44. The van der Waals surface area contributed by atoms with Crippen molar-refractivity contribution in [3.8, 4) is 5.75 Å². The Hall–Kier alpha value is -1.20. The lowest BCUT2D eigenvalue weighted by Crippen LogP contribution is -1.99. The van der Waals surface area contributed by atoms with Gasteiger partial charge in [-0.1, -0.05) is 0 Å². The first-order chi connectivity index (χ1) is 7.70. The van der Waals surface area contributed by atoms with E-state index in [0.29, 0.717) is 16.2 Å². The zero-order valence-corrected chi connectivity index (χ0v) is 10.8. The highest BCUT2D eigenvalue weighted by molar-refractivity contribution is 9.11.